The molecule has 40 heteroatoms. The number of phenols is 3. The van der Waals surface area contributed by atoms with E-state index < -0.39 is 243 Å². The Labute approximate surface area is 728 Å². The number of amides is 8. The Morgan fingerprint density at radius 2 is 1.42 bits per heavy atom. The molecule has 124 heavy (non-hydrogen) atoms. The van der Waals surface area contributed by atoms with Gasteiger partial charge in [-0.2, -0.15) is 0 Å². The lowest BCUT2D eigenvalue weighted by atomic mass is 9.84. The molecule has 8 amide bonds. The van der Waals surface area contributed by atoms with Crippen molar-refractivity contribution in [3.05, 3.63) is 187 Å². The maximum atomic E-state index is 16.3. The average molecular weight is 1800 g/mol. The number of primary amides is 1. The van der Waals surface area contributed by atoms with Crippen LogP contribution in [0.1, 0.15) is 111 Å². The van der Waals surface area contributed by atoms with Crippen LogP contribution in [0, 0.1) is 11.8 Å². The summed E-state index contributed by atoms with van der Waals surface area (Å²) < 4.78 is 51.1. The lowest BCUT2D eigenvalue weighted by Gasteiger charge is -2.48. The maximum Gasteiger partial charge on any atom is 0.410 e. The van der Waals surface area contributed by atoms with Gasteiger partial charge in [0.15, 0.2) is 29.9 Å². The summed E-state index contributed by atoms with van der Waals surface area (Å²) in [6.07, 6.45) is -16.3. The number of nitrogens with one attached hydrogen (secondary N) is 7. The number of aliphatic hydroxyl groups excluding tert-OH is 5. The Bertz CT molecular complexity index is 5180. The molecule has 0 saturated carbocycles. The number of ether oxygens (including phenoxy) is 8. The van der Waals surface area contributed by atoms with Crippen LogP contribution in [0.15, 0.2) is 139 Å². The number of aliphatic carboxylic acids is 1. The molecular formula is C84H92Cl4N10O26. The Morgan fingerprint density at radius 3 is 2.09 bits per heavy atom. The van der Waals surface area contributed by atoms with Crippen LogP contribution in [0.2, 0.25) is 15.1 Å². The summed E-state index contributed by atoms with van der Waals surface area (Å²) in [4.78, 5) is 134. The van der Waals surface area contributed by atoms with E-state index in [4.69, 9.17) is 95.8 Å². The average Bonchev–Trinajstić information content (AvgIpc) is 0.761. The van der Waals surface area contributed by atoms with Crippen LogP contribution in [0.4, 0.5) is 4.79 Å². The number of hydrogen-bond acceptors (Lipinski definition) is 27. The van der Waals surface area contributed by atoms with Gasteiger partial charge >= 0.3 is 12.1 Å². The monoisotopic (exact) mass is 1800 g/mol. The van der Waals surface area contributed by atoms with Crippen molar-refractivity contribution in [2.24, 2.45) is 23.3 Å². The van der Waals surface area contributed by atoms with E-state index in [0.29, 0.717) is 15.8 Å². The fourth-order valence-corrected chi connectivity index (χ4v) is 16.0. The molecule has 36 nitrogen and oxygen atoms in total. The van der Waals surface area contributed by atoms with Crippen molar-refractivity contribution in [1.29, 1.82) is 0 Å². The van der Waals surface area contributed by atoms with E-state index in [9.17, 15) is 65.1 Å². The van der Waals surface area contributed by atoms with Crippen molar-refractivity contribution in [3.8, 4) is 57.1 Å². The Hall–Kier alpha value is -11.1. The second-order valence-electron chi connectivity index (χ2n) is 31.2. The number of carbonyl (C=O) groups is 9. The van der Waals surface area contributed by atoms with Crippen LogP contribution in [-0.2, 0) is 70.5 Å². The van der Waals surface area contributed by atoms with Gasteiger partial charge in [-0.05, 0) is 133 Å². The summed E-state index contributed by atoms with van der Waals surface area (Å²) in [7, 11) is 1.24. The molecule has 11 bridgehead atoms. The van der Waals surface area contributed by atoms with Gasteiger partial charge in [-0.1, -0.05) is 109 Å². The lowest BCUT2D eigenvalue weighted by Crippen LogP contribution is -2.65. The minimum absolute atomic E-state index is 0.0813. The van der Waals surface area contributed by atoms with Gasteiger partial charge in [-0.25, -0.2) is 9.59 Å². The van der Waals surface area contributed by atoms with Crippen LogP contribution in [0.25, 0.3) is 11.1 Å². The largest absolute Gasteiger partial charge is 0.508 e. The first-order chi connectivity index (χ1) is 58.8. The predicted molar refractivity (Wildman–Crippen MR) is 442 cm³/mol. The van der Waals surface area contributed by atoms with Gasteiger partial charge < -0.3 is 133 Å². The second-order valence-corrected chi connectivity index (χ2v) is 32.8. The number of carbonyl (C=O) groups excluding carboxylic acids is 8. The van der Waals surface area contributed by atoms with E-state index in [0.717, 1.165) is 64.6 Å². The highest BCUT2D eigenvalue weighted by Gasteiger charge is 2.53. The lowest BCUT2D eigenvalue weighted by molar-refractivity contribution is -0.331. The molecule has 6 aromatic carbocycles. The highest BCUT2D eigenvalue weighted by Crippen LogP contribution is 2.50. The first-order valence-electron chi connectivity index (χ1n) is 39.1. The number of benzene rings is 6. The van der Waals surface area contributed by atoms with E-state index in [1.165, 1.54) is 37.4 Å². The minimum atomic E-state index is -2.40. The summed E-state index contributed by atoms with van der Waals surface area (Å²) in [5, 5.41) is 124. The molecule has 8 aliphatic rings. The first-order valence-corrected chi connectivity index (χ1v) is 40.6. The Balaban J connectivity index is 1.01. The Kier molecular flexibility index (Phi) is 29.0. The third-order valence-electron chi connectivity index (χ3n) is 21.8. The zero-order valence-corrected chi connectivity index (χ0v) is 70.0. The first kappa shape index (κ1) is 92.1. The second kappa shape index (κ2) is 39.0. The van der Waals surface area contributed by atoms with Gasteiger partial charge in [0.2, 0.25) is 53.4 Å². The van der Waals surface area contributed by atoms with Crippen LogP contribution in [-0.4, -0.2) is 209 Å². The molecular weight excluding hydrogens is 1710 g/mol. The molecule has 0 aromatic heterocycles. The van der Waals surface area contributed by atoms with Crippen molar-refractivity contribution in [3.63, 3.8) is 0 Å². The number of nitrogens with two attached hydrogens (primary N) is 2. The third-order valence-corrected chi connectivity index (χ3v) is 23.2. The molecule has 2 fully saturated rings. The summed E-state index contributed by atoms with van der Waals surface area (Å²) in [5.74, 6) is -17.5. The van der Waals surface area contributed by atoms with Gasteiger partial charge in [-0.15, -0.1) is 0 Å². The van der Waals surface area contributed by atoms with E-state index >= 15 is 24.0 Å². The van der Waals surface area contributed by atoms with Crippen molar-refractivity contribution in [2.45, 2.75) is 176 Å². The van der Waals surface area contributed by atoms with Gasteiger partial charge in [0.1, 0.15) is 108 Å². The van der Waals surface area contributed by atoms with Crippen LogP contribution >= 0.6 is 46.4 Å². The molecule has 10 unspecified atom stereocenters. The van der Waals surface area contributed by atoms with Gasteiger partial charge in [-0.3, -0.25) is 38.5 Å². The smallest absolute Gasteiger partial charge is 0.410 e. The van der Waals surface area contributed by atoms with Crippen molar-refractivity contribution in [1.82, 2.24) is 42.1 Å². The number of nitrogens with zero attached hydrogens (tertiary/aromatic N) is 1. The normalized spacial score (nSPS) is 27.3. The topological polar surface area (TPSA) is 549 Å². The molecule has 7 aliphatic heterocycles. The number of carboxylic acid groups (broad SMARTS) is 1. The number of halogens is 4. The standard InChI is InChI=1S/C84H92Cl4N10O26/c1-7-20-117-83(116)98(6)52(21-35(2)3)76(109)96-66-68(103)40-12-18-55(49(87)24-40)120-57-26-42-27-58(72(57)124-82-73(71(106)70(105)59(32-89)122-82)123-61-31-84(5,74(107)36(4)119-61)91-33-37-8-14-44(15-9-37)118-34-38-10-16-47(85)48(86)22-38)121-56-19-13-41(25-50(56)88)69(104)67-80(113)95-65(81(114)115)46-28-43(99)29-54(101)62(46)45-23-39(11-17-53(45)100)63(77(110)97-67)94-78(111)64(42)93-75(108)51(30-60(90)102)92-79(66)112/h7-12,14-19,22-29,35-36,41,51-52,59,61,63-71,73-74,82,91,99-101,103-107H,1,13,20-21,30-34,89H2,2-6H3,(H2,90,102)(H,92,112)(H,93,108)(H,94,111)(H,95,113)(H,96,109)(H,97,110)(H,114,115)/t36?,41?,51-,52+,59?,61?,63+,64+,65+,66+,67-,68+,69+,70?,71?,73?,74?,82?,84?/m0/s1. The Morgan fingerprint density at radius 1 is 0.734 bits per heavy atom. The number of aromatic hydroxyl groups is 3. The van der Waals surface area contributed by atoms with E-state index in [-0.39, 0.29) is 72.6 Å². The fourth-order valence-electron chi connectivity index (χ4n) is 15.2. The summed E-state index contributed by atoms with van der Waals surface area (Å²) in [6.45, 7) is 9.81. The van der Waals surface area contributed by atoms with Crippen molar-refractivity contribution >= 4 is 99.8 Å². The molecule has 19 atom stereocenters. The quantitative estimate of drug-likeness (QED) is 0.0416. The minimum Gasteiger partial charge on any atom is -0.508 e. The van der Waals surface area contributed by atoms with Crippen LogP contribution in [0.5, 0.6) is 46.0 Å². The van der Waals surface area contributed by atoms with Crippen molar-refractivity contribution < 1.29 is 127 Å². The van der Waals surface area contributed by atoms with Gasteiger partial charge in [0, 0.05) is 60.8 Å². The summed E-state index contributed by atoms with van der Waals surface area (Å²) in [6, 6.07) is 7.43. The zero-order chi connectivity index (χ0) is 89.8. The molecule has 6 aromatic rings. The predicted octanol–water partition coefficient (Wildman–Crippen LogP) is 5.11. The number of allylic oxidation sites excluding steroid dienone is 2. The summed E-state index contributed by atoms with van der Waals surface area (Å²) >= 11 is 26.8. The van der Waals surface area contributed by atoms with Crippen LogP contribution in [0.3, 0.4) is 0 Å². The molecule has 14 rings (SSSR count). The molecule has 7 heterocycles. The highest BCUT2D eigenvalue weighted by molar-refractivity contribution is 6.42. The van der Waals surface area contributed by atoms with Gasteiger partial charge in [0.25, 0.3) is 0 Å². The molecule has 662 valence electrons. The number of rotatable bonds is 21. The fraction of sp³-hybridized carbons (Fsp3) is 0.393. The molecule has 0 radical (unpaired) electrons. The number of likely N-dealkylation sites (N-methyl/N-ethyl adjacent to an activating group) is 1. The molecule has 0 spiro atoms. The molecule has 2 saturated heterocycles. The van der Waals surface area contributed by atoms with E-state index in [2.05, 4.69) is 43.8 Å². The van der Waals surface area contributed by atoms with Gasteiger partial charge in [0.05, 0.1) is 44.8 Å². The SMILES string of the molecule is C=CCOC(=O)N(C)[C@H](CC(C)C)C(=O)N[C@H]1C(=O)N[C@@H](CC(N)=O)C(=O)N[C@H]2C(=O)N[C@H]3C(=O)N[C@H](C(=O)N[C@@H](C(=O)O)c4cc(O)cc(O)c4-c4cc3ccc4O)[C@H](O)C3C=C(Cl)C(=CC3)Oc3cc2cc(c3OC2OC(CN)C(O)C(O)C2OC2CC(C)(NCc3ccc(OCc4ccc(Cl)c(Cl)c4)cc3)C(O)C(C)O2)Oc2ccc(cc2Cl)[C@H]1O. The van der Waals surface area contributed by atoms with E-state index in [1.807, 2.05) is 0 Å². The van der Waals surface area contributed by atoms with E-state index in [1.54, 1.807) is 70.2 Å². The zero-order valence-electron chi connectivity index (χ0n) is 67.0. The number of fused-ring (bicyclic) bond motifs is 14. The van der Waals surface area contributed by atoms with Crippen LogP contribution < -0.4 is 67.6 Å². The molecule has 1 aliphatic carbocycles. The summed E-state index contributed by atoms with van der Waals surface area (Å²) in [5.41, 5.74) is 9.66. The maximum absolute atomic E-state index is 16.3. The number of phenolic OH excluding ortho intramolecular Hbond substituents is 3. The molecule has 20 N–H and O–H groups in total. The number of hydrogen-bond donors (Lipinski definition) is 18. The number of carboxylic acids is 1. The highest BCUT2D eigenvalue weighted by atomic mass is 35.5. The van der Waals surface area contributed by atoms with Crippen molar-refractivity contribution in [2.75, 3.05) is 20.2 Å². The number of aliphatic hydroxyl groups is 5. The third kappa shape index (κ3) is 20.6.